The Hall–Kier alpha value is -3.73. The second kappa shape index (κ2) is 13.9. The number of nitrogens with one attached hydrogen (secondary N) is 3. The van der Waals surface area contributed by atoms with Gasteiger partial charge in [-0.3, -0.25) is 9.69 Å². The Balaban J connectivity index is 0.00000343. The highest BCUT2D eigenvalue weighted by Gasteiger charge is 2.33. The molecule has 4 heterocycles. The molecule has 3 aliphatic rings. The Kier molecular flexibility index (Phi) is 9.59. The van der Waals surface area contributed by atoms with Crippen LogP contribution in [0.5, 0.6) is 0 Å². The molecule has 4 aromatic rings. The minimum atomic E-state index is 0. The van der Waals surface area contributed by atoms with Crippen molar-refractivity contribution in [1.29, 1.82) is 0 Å². The minimum Gasteiger partial charge on any atom is -0.369 e. The predicted octanol–water partition coefficient (Wildman–Crippen LogP) is 4.18. The summed E-state index contributed by atoms with van der Waals surface area (Å²) in [4.78, 5) is 31.3. The zero-order valence-electron chi connectivity index (χ0n) is 25.1. The standard InChI is InChI=1S/C33H41N9O.ClH/c43-30(18-24-4-2-1-3-5-24)38-27-19-29(20-27)42-23-37-31-32(35-22-36-33(31)42)39-26-6-8-28(9-7-26)41-16-14-40(15-17-41)21-25-10-12-34-13-11-25;/h1-9,22-23,25,27,29,34H,10-21H2,(H,38,43)(H,35,36,39);1H. The molecule has 7 rings (SSSR count). The van der Waals surface area contributed by atoms with E-state index in [9.17, 15) is 4.79 Å². The first kappa shape index (κ1) is 30.3. The van der Waals surface area contributed by atoms with Crippen LogP contribution in [-0.4, -0.2) is 82.2 Å². The van der Waals surface area contributed by atoms with Gasteiger partial charge in [0.05, 0.1) is 12.7 Å². The molecule has 1 amide bonds. The minimum absolute atomic E-state index is 0. The SMILES string of the molecule is Cl.O=C(Cc1ccccc1)NC1CC(n2cnc3c(Nc4ccc(N5CCN(CC6CCNCC6)CC5)cc4)ncnc32)C1. The van der Waals surface area contributed by atoms with Gasteiger partial charge in [-0.25, -0.2) is 15.0 Å². The van der Waals surface area contributed by atoms with Crippen molar-refractivity contribution in [1.82, 2.24) is 35.1 Å². The second-order valence-electron chi connectivity index (χ2n) is 12.3. The topological polar surface area (TPSA) is 103 Å². The number of halogens is 1. The molecule has 11 heteroatoms. The lowest BCUT2D eigenvalue weighted by atomic mass is 9.86. The number of hydrogen-bond acceptors (Lipinski definition) is 8. The number of carbonyl (C=O) groups is 1. The molecule has 44 heavy (non-hydrogen) atoms. The van der Waals surface area contributed by atoms with Gasteiger partial charge in [-0.2, -0.15) is 0 Å². The Morgan fingerprint density at radius 3 is 2.41 bits per heavy atom. The van der Waals surface area contributed by atoms with Crippen LogP contribution in [-0.2, 0) is 11.2 Å². The van der Waals surface area contributed by atoms with E-state index in [1.54, 1.807) is 6.33 Å². The van der Waals surface area contributed by atoms with Crippen molar-refractivity contribution in [2.24, 2.45) is 5.92 Å². The third-order valence-corrected chi connectivity index (χ3v) is 9.28. The number of amides is 1. The highest BCUT2D eigenvalue weighted by Crippen LogP contribution is 2.35. The van der Waals surface area contributed by atoms with Crippen molar-refractivity contribution in [3.8, 4) is 0 Å². The zero-order valence-corrected chi connectivity index (χ0v) is 25.9. The third kappa shape index (κ3) is 6.98. The largest absolute Gasteiger partial charge is 0.369 e. The normalized spacial score (nSPS) is 21.0. The number of nitrogens with zero attached hydrogens (tertiary/aromatic N) is 6. The summed E-state index contributed by atoms with van der Waals surface area (Å²) >= 11 is 0. The van der Waals surface area contributed by atoms with Crippen molar-refractivity contribution >= 4 is 46.7 Å². The molecule has 2 aromatic heterocycles. The van der Waals surface area contributed by atoms with Crippen molar-refractivity contribution < 1.29 is 4.79 Å². The number of carbonyl (C=O) groups excluding carboxylic acids is 1. The summed E-state index contributed by atoms with van der Waals surface area (Å²) in [7, 11) is 0. The van der Waals surface area contributed by atoms with Crippen molar-refractivity contribution in [2.45, 2.75) is 44.2 Å². The fourth-order valence-corrected chi connectivity index (χ4v) is 6.71. The predicted molar refractivity (Wildman–Crippen MR) is 177 cm³/mol. The van der Waals surface area contributed by atoms with Gasteiger partial charge in [0.25, 0.3) is 0 Å². The summed E-state index contributed by atoms with van der Waals surface area (Å²) in [5.74, 6) is 1.62. The number of rotatable bonds is 9. The van der Waals surface area contributed by atoms with Crippen LogP contribution in [0.25, 0.3) is 11.2 Å². The molecule has 0 spiro atoms. The Morgan fingerprint density at radius 1 is 0.909 bits per heavy atom. The van der Waals surface area contributed by atoms with Gasteiger partial charge in [-0.05, 0) is 74.5 Å². The van der Waals surface area contributed by atoms with E-state index in [4.69, 9.17) is 0 Å². The summed E-state index contributed by atoms with van der Waals surface area (Å²) < 4.78 is 2.12. The summed E-state index contributed by atoms with van der Waals surface area (Å²) in [6.45, 7) is 7.99. The number of aromatic nitrogens is 4. The number of piperidine rings is 1. The van der Waals surface area contributed by atoms with E-state index in [2.05, 4.69) is 69.5 Å². The van der Waals surface area contributed by atoms with Gasteiger partial charge in [0.1, 0.15) is 6.33 Å². The number of anilines is 3. The van der Waals surface area contributed by atoms with E-state index in [1.807, 2.05) is 36.7 Å². The van der Waals surface area contributed by atoms with Crippen LogP contribution in [0.4, 0.5) is 17.2 Å². The van der Waals surface area contributed by atoms with Gasteiger partial charge in [0, 0.05) is 56.2 Å². The number of benzene rings is 2. The first-order valence-corrected chi connectivity index (χ1v) is 15.7. The third-order valence-electron chi connectivity index (χ3n) is 9.28. The summed E-state index contributed by atoms with van der Waals surface area (Å²) in [5.41, 5.74) is 4.85. The second-order valence-corrected chi connectivity index (χ2v) is 12.3. The van der Waals surface area contributed by atoms with Crippen LogP contribution in [0.15, 0.2) is 67.3 Å². The van der Waals surface area contributed by atoms with E-state index in [1.165, 1.54) is 38.2 Å². The number of hydrogen-bond donors (Lipinski definition) is 3. The smallest absolute Gasteiger partial charge is 0.224 e. The average Bonchev–Trinajstić information content (AvgIpc) is 3.45. The Bertz CT molecular complexity index is 1510. The first-order chi connectivity index (χ1) is 21.2. The van der Waals surface area contributed by atoms with Gasteiger partial charge >= 0.3 is 0 Å². The lowest BCUT2D eigenvalue weighted by Crippen LogP contribution is -2.48. The molecule has 0 bridgehead atoms. The van der Waals surface area contributed by atoms with Crippen LogP contribution in [0.1, 0.15) is 37.3 Å². The molecule has 1 aliphatic carbocycles. The van der Waals surface area contributed by atoms with Crippen LogP contribution in [0.2, 0.25) is 0 Å². The Labute approximate surface area is 265 Å². The molecule has 0 atom stereocenters. The monoisotopic (exact) mass is 615 g/mol. The maximum absolute atomic E-state index is 12.5. The molecule has 0 radical (unpaired) electrons. The molecular formula is C33H42ClN9O. The van der Waals surface area contributed by atoms with Crippen LogP contribution >= 0.6 is 12.4 Å². The van der Waals surface area contributed by atoms with E-state index in [0.29, 0.717) is 12.2 Å². The molecule has 0 unspecified atom stereocenters. The van der Waals surface area contributed by atoms with Crippen LogP contribution < -0.4 is 20.9 Å². The molecule has 2 saturated heterocycles. The highest BCUT2D eigenvalue weighted by atomic mass is 35.5. The van der Waals surface area contributed by atoms with Crippen molar-refractivity contribution in [3.63, 3.8) is 0 Å². The van der Waals surface area contributed by atoms with Gasteiger partial charge < -0.3 is 25.4 Å². The quantitative estimate of drug-likeness (QED) is 0.258. The molecule has 2 aliphatic heterocycles. The highest BCUT2D eigenvalue weighted by molar-refractivity contribution is 5.86. The number of fused-ring (bicyclic) bond motifs is 1. The molecule has 3 N–H and O–H groups in total. The molecule has 232 valence electrons. The molecule has 1 saturated carbocycles. The van der Waals surface area contributed by atoms with Crippen molar-refractivity contribution in [3.05, 3.63) is 72.8 Å². The van der Waals surface area contributed by atoms with Crippen LogP contribution in [0, 0.1) is 5.92 Å². The maximum atomic E-state index is 12.5. The Morgan fingerprint density at radius 2 is 1.66 bits per heavy atom. The van der Waals surface area contributed by atoms with Crippen LogP contribution in [0.3, 0.4) is 0 Å². The lowest BCUT2D eigenvalue weighted by molar-refractivity contribution is -0.121. The maximum Gasteiger partial charge on any atom is 0.224 e. The average molecular weight is 616 g/mol. The molecule has 10 nitrogen and oxygen atoms in total. The summed E-state index contributed by atoms with van der Waals surface area (Å²) in [5, 5.41) is 10.1. The fourth-order valence-electron chi connectivity index (χ4n) is 6.71. The van der Waals surface area contributed by atoms with Gasteiger partial charge in [-0.15, -0.1) is 12.4 Å². The summed E-state index contributed by atoms with van der Waals surface area (Å²) in [6.07, 6.45) is 8.21. The fraction of sp³-hybridized carbons (Fsp3) is 0.455. The van der Waals surface area contributed by atoms with E-state index in [0.717, 1.165) is 67.4 Å². The van der Waals surface area contributed by atoms with Gasteiger partial charge in [-0.1, -0.05) is 30.3 Å². The number of piperazine rings is 1. The molecule has 3 fully saturated rings. The number of imidazole rings is 1. The van der Waals surface area contributed by atoms with E-state index < -0.39 is 0 Å². The van der Waals surface area contributed by atoms with Gasteiger partial charge in [0.15, 0.2) is 17.0 Å². The van der Waals surface area contributed by atoms with E-state index in [-0.39, 0.29) is 30.4 Å². The lowest BCUT2D eigenvalue weighted by Gasteiger charge is -2.38. The van der Waals surface area contributed by atoms with Gasteiger partial charge in [0.2, 0.25) is 5.91 Å². The van der Waals surface area contributed by atoms with E-state index >= 15 is 0 Å². The zero-order chi connectivity index (χ0) is 29.0. The summed E-state index contributed by atoms with van der Waals surface area (Å²) in [6, 6.07) is 18.9. The molecule has 2 aromatic carbocycles. The molecular weight excluding hydrogens is 574 g/mol. The first-order valence-electron chi connectivity index (χ1n) is 15.7. The van der Waals surface area contributed by atoms with Crippen molar-refractivity contribution in [2.75, 3.05) is 56.0 Å².